The van der Waals surface area contributed by atoms with Crippen LogP contribution in [-0.2, 0) is 11.3 Å². The largest absolute Gasteiger partial charge is 0.457 e. The number of halogens is 1. The van der Waals surface area contributed by atoms with Crippen LogP contribution in [0.25, 0.3) is 0 Å². The van der Waals surface area contributed by atoms with E-state index in [1.165, 1.54) is 6.07 Å². The molecule has 2 aromatic rings. The fourth-order valence-corrected chi connectivity index (χ4v) is 3.07. The minimum atomic E-state index is -0.781. The molecule has 0 unspecified atom stereocenters. The average molecular weight is 421 g/mol. The lowest BCUT2D eigenvalue weighted by molar-refractivity contribution is -0.384. The Morgan fingerprint density at radius 1 is 1.31 bits per heavy atom. The SMILES string of the molecule is O=C(OCc1cc(Br)c(NCC2(O)CC2)c([N+](=O)[O-])c1)c1ccccc1. The molecule has 1 aliphatic rings. The van der Waals surface area contributed by atoms with Gasteiger partial charge in [0.05, 0.1) is 16.1 Å². The number of aliphatic hydroxyl groups is 1. The highest BCUT2D eigenvalue weighted by molar-refractivity contribution is 9.10. The Kier molecular flexibility index (Phi) is 5.24. The van der Waals surface area contributed by atoms with Crippen LogP contribution in [0.1, 0.15) is 28.8 Å². The van der Waals surface area contributed by atoms with Gasteiger partial charge >= 0.3 is 5.97 Å². The van der Waals surface area contributed by atoms with E-state index < -0.39 is 16.5 Å². The number of carbonyl (C=O) groups is 1. The van der Waals surface area contributed by atoms with Crippen molar-refractivity contribution in [1.82, 2.24) is 0 Å². The molecule has 26 heavy (non-hydrogen) atoms. The molecule has 0 aromatic heterocycles. The summed E-state index contributed by atoms with van der Waals surface area (Å²) in [6, 6.07) is 11.5. The van der Waals surface area contributed by atoms with E-state index in [2.05, 4.69) is 21.2 Å². The zero-order valence-electron chi connectivity index (χ0n) is 13.8. The molecule has 8 heteroatoms. The summed E-state index contributed by atoms with van der Waals surface area (Å²) in [6.45, 7) is 0.159. The molecule has 0 aliphatic heterocycles. The number of nitro groups is 1. The van der Waals surface area contributed by atoms with E-state index in [1.54, 1.807) is 36.4 Å². The van der Waals surface area contributed by atoms with Gasteiger partial charge in [-0.15, -0.1) is 0 Å². The lowest BCUT2D eigenvalue weighted by Gasteiger charge is -2.14. The third-order valence-corrected chi connectivity index (χ3v) is 4.75. The minimum Gasteiger partial charge on any atom is -0.457 e. The number of hydrogen-bond acceptors (Lipinski definition) is 6. The zero-order valence-corrected chi connectivity index (χ0v) is 15.4. The number of nitro benzene ring substituents is 1. The highest BCUT2D eigenvalue weighted by atomic mass is 79.9. The molecule has 7 nitrogen and oxygen atoms in total. The number of nitrogens with zero attached hydrogens (tertiary/aromatic N) is 1. The lowest BCUT2D eigenvalue weighted by Crippen LogP contribution is -2.21. The quantitative estimate of drug-likeness (QED) is 0.402. The van der Waals surface area contributed by atoms with Crippen molar-refractivity contribution < 1.29 is 19.6 Å². The highest BCUT2D eigenvalue weighted by Gasteiger charge is 2.40. The standard InChI is InChI=1S/C18H17BrN2O5/c19-14-8-12(10-26-17(22)13-4-2-1-3-5-13)9-15(21(24)25)16(14)20-11-18(23)6-7-18/h1-5,8-9,20,23H,6-7,10-11H2. The summed E-state index contributed by atoms with van der Waals surface area (Å²) >= 11 is 3.32. The Labute approximate surface area is 158 Å². The molecule has 3 rings (SSSR count). The summed E-state index contributed by atoms with van der Waals surface area (Å²) in [5.41, 5.74) is 0.278. The molecule has 0 bridgehead atoms. The van der Waals surface area contributed by atoms with E-state index in [4.69, 9.17) is 4.74 Å². The number of ether oxygens (including phenoxy) is 1. The maximum absolute atomic E-state index is 12.0. The number of esters is 1. The maximum atomic E-state index is 12.0. The number of rotatable bonds is 7. The van der Waals surface area contributed by atoms with Crippen molar-refractivity contribution in [3.8, 4) is 0 Å². The van der Waals surface area contributed by atoms with Crippen LogP contribution in [0, 0.1) is 10.1 Å². The molecular weight excluding hydrogens is 404 g/mol. The second-order valence-electron chi connectivity index (χ2n) is 6.25. The van der Waals surface area contributed by atoms with Crippen LogP contribution in [0.15, 0.2) is 46.9 Å². The molecule has 1 fully saturated rings. The first-order valence-corrected chi connectivity index (χ1v) is 8.82. The summed E-state index contributed by atoms with van der Waals surface area (Å²) in [5, 5.41) is 24.3. The smallest absolute Gasteiger partial charge is 0.338 e. The van der Waals surface area contributed by atoms with Crippen LogP contribution in [0.3, 0.4) is 0 Å². The monoisotopic (exact) mass is 420 g/mol. The molecule has 1 aliphatic carbocycles. The van der Waals surface area contributed by atoms with Crippen LogP contribution in [0.2, 0.25) is 0 Å². The summed E-state index contributed by atoms with van der Waals surface area (Å²) in [4.78, 5) is 22.9. The number of hydrogen-bond donors (Lipinski definition) is 2. The van der Waals surface area contributed by atoms with Gasteiger partial charge in [-0.2, -0.15) is 0 Å². The second-order valence-corrected chi connectivity index (χ2v) is 7.10. The van der Waals surface area contributed by atoms with Gasteiger partial charge in [0.1, 0.15) is 12.3 Å². The zero-order chi connectivity index (χ0) is 18.7. The molecule has 1 saturated carbocycles. The lowest BCUT2D eigenvalue weighted by atomic mass is 10.1. The van der Waals surface area contributed by atoms with Gasteiger partial charge < -0.3 is 15.2 Å². The fraction of sp³-hybridized carbons (Fsp3) is 0.278. The molecular formula is C18H17BrN2O5. The summed E-state index contributed by atoms with van der Waals surface area (Å²) in [7, 11) is 0. The van der Waals surface area contributed by atoms with Crippen LogP contribution < -0.4 is 5.32 Å². The summed E-state index contributed by atoms with van der Waals surface area (Å²) in [5.74, 6) is -0.498. The van der Waals surface area contributed by atoms with Crippen LogP contribution in [-0.4, -0.2) is 28.1 Å². The van der Waals surface area contributed by atoms with E-state index in [0.29, 0.717) is 34.1 Å². The fourth-order valence-electron chi connectivity index (χ4n) is 2.43. The van der Waals surface area contributed by atoms with Gasteiger partial charge in [0, 0.05) is 17.1 Å². The Balaban J connectivity index is 1.73. The van der Waals surface area contributed by atoms with Crippen molar-refractivity contribution in [2.75, 3.05) is 11.9 Å². The predicted octanol–water partition coefficient (Wildman–Crippen LogP) is 3.65. The van der Waals surface area contributed by atoms with E-state index in [-0.39, 0.29) is 18.8 Å². The third kappa shape index (κ3) is 4.39. The number of carbonyl (C=O) groups excluding carboxylic acids is 1. The van der Waals surface area contributed by atoms with Crippen molar-refractivity contribution in [3.05, 3.63) is 68.2 Å². The van der Waals surface area contributed by atoms with Crippen LogP contribution >= 0.6 is 15.9 Å². The first-order valence-electron chi connectivity index (χ1n) is 8.03. The van der Waals surface area contributed by atoms with Gasteiger partial charge in [-0.1, -0.05) is 18.2 Å². The molecule has 0 atom stereocenters. The molecule has 2 N–H and O–H groups in total. The van der Waals surface area contributed by atoms with E-state index in [9.17, 15) is 20.0 Å². The van der Waals surface area contributed by atoms with Gasteiger partial charge in [-0.05, 0) is 52.5 Å². The van der Waals surface area contributed by atoms with Gasteiger partial charge in [-0.3, -0.25) is 10.1 Å². The van der Waals surface area contributed by atoms with Crippen molar-refractivity contribution in [1.29, 1.82) is 0 Å². The Morgan fingerprint density at radius 2 is 2.00 bits per heavy atom. The second kappa shape index (κ2) is 7.43. The van der Waals surface area contributed by atoms with Crippen LogP contribution in [0.5, 0.6) is 0 Å². The number of anilines is 1. The van der Waals surface area contributed by atoms with Crippen molar-refractivity contribution >= 4 is 33.3 Å². The molecule has 136 valence electrons. The maximum Gasteiger partial charge on any atom is 0.338 e. The van der Waals surface area contributed by atoms with Gasteiger partial charge in [0.25, 0.3) is 5.69 Å². The van der Waals surface area contributed by atoms with Gasteiger partial charge in [-0.25, -0.2) is 4.79 Å². The van der Waals surface area contributed by atoms with E-state index in [1.807, 2.05) is 0 Å². The number of nitrogens with one attached hydrogen (secondary N) is 1. The van der Waals surface area contributed by atoms with Gasteiger partial charge in [0.15, 0.2) is 0 Å². The van der Waals surface area contributed by atoms with Crippen molar-refractivity contribution in [3.63, 3.8) is 0 Å². The van der Waals surface area contributed by atoms with E-state index in [0.717, 1.165) is 0 Å². The Morgan fingerprint density at radius 3 is 2.62 bits per heavy atom. The first-order chi connectivity index (χ1) is 12.4. The molecule has 0 spiro atoms. The molecule has 0 heterocycles. The molecule has 0 saturated heterocycles. The predicted molar refractivity (Wildman–Crippen MR) is 99.0 cm³/mol. The summed E-state index contributed by atoms with van der Waals surface area (Å²) < 4.78 is 5.70. The molecule has 2 aromatic carbocycles. The van der Waals surface area contributed by atoms with Crippen LogP contribution in [0.4, 0.5) is 11.4 Å². The van der Waals surface area contributed by atoms with E-state index >= 15 is 0 Å². The first kappa shape index (κ1) is 18.3. The molecule has 0 amide bonds. The molecule has 0 radical (unpaired) electrons. The average Bonchev–Trinajstić information content (AvgIpc) is 3.36. The topological polar surface area (TPSA) is 102 Å². The van der Waals surface area contributed by atoms with Crippen molar-refractivity contribution in [2.45, 2.75) is 25.0 Å². The van der Waals surface area contributed by atoms with Gasteiger partial charge in [0.2, 0.25) is 0 Å². The summed E-state index contributed by atoms with van der Waals surface area (Å²) in [6.07, 6.45) is 1.36. The Bertz CT molecular complexity index is 837. The van der Waals surface area contributed by atoms with Crippen molar-refractivity contribution in [2.24, 2.45) is 0 Å². The third-order valence-electron chi connectivity index (χ3n) is 4.13. The normalized spacial score (nSPS) is 14.5. The Hall–Kier alpha value is -2.45. The highest BCUT2D eigenvalue weighted by Crippen LogP contribution is 2.38. The minimum absolute atomic E-state index is 0.0859. The number of benzene rings is 2.